The molecule has 1 N–H and O–H groups in total. The first-order valence-corrected chi connectivity index (χ1v) is 7.54. The van der Waals surface area contributed by atoms with E-state index in [-0.39, 0.29) is 18.5 Å². The van der Waals surface area contributed by atoms with Crippen LogP contribution in [0.4, 0.5) is 0 Å². The van der Waals surface area contributed by atoms with Gasteiger partial charge in [0, 0.05) is 16.7 Å². The zero-order valence-electron chi connectivity index (χ0n) is 10.8. The third kappa shape index (κ3) is 2.75. The average molecular weight is 293 g/mol. The first kappa shape index (κ1) is 13.3. The van der Waals surface area contributed by atoms with Crippen LogP contribution in [0, 0.1) is 0 Å². The van der Waals surface area contributed by atoms with Crippen molar-refractivity contribution in [1.29, 1.82) is 0 Å². The number of fused-ring (bicyclic) bond motifs is 1. The Morgan fingerprint density at radius 1 is 1.35 bits per heavy atom. The lowest BCUT2D eigenvalue weighted by molar-refractivity contribution is -0.148. The maximum Gasteiger partial charge on any atom is 0.323 e. The summed E-state index contributed by atoms with van der Waals surface area (Å²) in [6, 6.07) is 7.65. The molecule has 20 heavy (non-hydrogen) atoms. The normalized spacial score (nSPS) is 20.7. The van der Waals surface area contributed by atoms with Gasteiger partial charge in [-0.25, -0.2) is 0 Å². The van der Waals surface area contributed by atoms with Crippen LogP contribution in [-0.2, 0) is 9.59 Å². The summed E-state index contributed by atoms with van der Waals surface area (Å²) < 4.78 is 5.73. The summed E-state index contributed by atoms with van der Waals surface area (Å²) in [5.41, 5.74) is 0. The molecule has 1 aromatic rings. The fourth-order valence-electron chi connectivity index (χ4n) is 2.25. The highest BCUT2D eigenvalue weighted by Crippen LogP contribution is 2.36. The summed E-state index contributed by atoms with van der Waals surface area (Å²) in [7, 11) is 0. The number of hydrogen-bond acceptors (Lipinski definition) is 4. The minimum absolute atomic E-state index is 0.0735. The van der Waals surface area contributed by atoms with Crippen molar-refractivity contribution in [2.24, 2.45) is 0 Å². The topological polar surface area (TPSA) is 66.8 Å². The van der Waals surface area contributed by atoms with E-state index in [4.69, 9.17) is 9.84 Å². The van der Waals surface area contributed by atoms with Crippen molar-refractivity contribution in [3.05, 3.63) is 24.3 Å². The molecule has 1 aliphatic carbocycles. The smallest absolute Gasteiger partial charge is 0.323 e. The third-order valence-electron chi connectivity index (χ3n) is 3.36. The van der Waals surface area contributed by atoms with Gasteiger partial charge in [0.2, 0.25) is 0 Å². The number of hydrogen-bond donors (Lipinski definition) is 1. The summed E-state index contributed by atoms with van der Waals surface area (Å²) in [5, 5.41) is 8.93. The lowest BCUT2D eigenvalue weighted by Gasteiger charge is -2.29. The molecule has 0 bridgehead atoms. The lowest BCUT2D eigenvalue weighted by Crippen LogP contribution is -2.47. The Balaban J connectivity index is 1.72. The first-order valence-electron chi connectivity index (χ1n) is 6.56. The summed E-state index contributed by atoms with van der Waals surface area (Å²) in [6.07, 6.45) is 1.18. The van der Waals surface area contributed by atoms with E-state index in [1.807, 2.05) is 24.3 Å². The molecule has 1 heterocycles. The highest BCUT2D eigenvalue weighted by Gasteiger charge is 2.39. The summed E-state index contributed by atoms with van der Waals surface area (Å²) >= 11 is 1.57. The molecule has 1 atom stereocenters. The van der Waals surface area contributed by atoms with Crippen molar-refractivity contribution >= 4 is 23.6 Å². The van der Waals surface area contributed by atoms with E-state index in [9.17, 15) is 9.59 Å². The fraction of sp³-hybridized carbons (Fsp3) is 0.429. The molecular weight excluding hydrogens is 278 g/mol. The van der Waals surface area contributed by atoms with Crippen LogP contribution in [0.3, 0.4) is 0 Å². The van der Waals surface area contributed by atoms with Gasteiger partial charge >= 0.3 is 5.97 Å². The van der Waals surface area contributed by atoms with Crippen LogP contribution in [-0.4, -0.2) is 46.3 Å². The molecule has 1 saturated carbocycles. The van der Waals surface area contributed by atoms with Gasteiger partial charge in [-0.2, -0.15) is 0 Å². The summed E-state index contributed by atoms with van der Waals surface area (Å²) in [6.45, 7) is -0.240. The number of carboxylic acid groups (broad SMARTS) is 1. The van der Waals surface area contributed by atoms with E-state index in [1.165, 1.54) is 4.90 Å². The number of ether oxygens (including phenoxy) is 1. The zero-order valence-corrected chi connectivity index (χ0v) is 11.6. The molecular formula is C14H15NO4S. The Hall–Kier alpha value is -1.69. The number of benzene rings is 1. The molecule has 1 aliphatic heterocycles. The van der Waals surface area contributed by atoms with E-state index < -0.39 is 12.1 Å². The highest BCUT2D eigenvalue weighted by molar-refractivity contribution is 7.99. The molecule has 1 fully saturated rings. The van der Waals surface area contributed by atoms with Crippen molar-refractivity contribution in [3.63, 3.8) is 0 Å². The molecule has 3 rings (SSSR count). The second-order valence-electron chi connectivity index (χ2n) is 4.96. The van der Waals surface area contributed by atoms with Crippen molar-refractivity contribution in [1.82, 2.24) is 4.90 Å². The molecule has 6 heteroatoms. The minimum atomic E-state index is -0.978. The number of thioether (sulfide) groups is 1. The molecule has 2 aliphatic rings. The van der Waals surface area contributed by atoms with E-state index in [2.05, 4.69) is 0 Å². The predicted molar refractivity (Wildman–Crippen MR) is 74.0 cm³/mol. The molecule has 0 spiro atoms. The Morgan fingerprint density at radius 2 is 2.10 bits per heavy atom. The maximum absolute atomic E-state index is 12.4. The van der Waals surface area contributed by atoms with Gasteiger partial charge in [0.05, 0.1) is 0 Å². The van der Waals surface area contributed by atoms with Crippen molar-refractivity contribution in [2.75, 3.05) is 12.3 Å². The largest absolute Gasteiger partial charge is 0.480 e. The van der Waals surface area contributed by atoms with Crippen LogP contribution in [0.1, 0.15) is 12.8 Å². The average Bonchev–Trinajstić information content (AvgIpc) is 3.28. The van der Waals surface area contributed by atoms with Gasteiger partial charge in [-0.05, 0) is 25.0 Å². The fourth-order valence-corrected chi connectivity index (χ4v) is 3.22. The van der Waals surface area contributed by atoms with Crippen molar-refractivity contribution in [3.8, 4) is 5.75 Å². The monoisotopic (exact) mass is 293 g/mol. The number of nitrogens with zero attached hydrogens (tertiary/aromatic N) is 1. The molecule has 0 saturated heterocycles. The second-order valence-corrected chi connectivity index (χ2v) is 6.02. The van der Waals surface area contributed by atoms with Gasteiger partial charge in [0.15, 0.2) is 6.10 Å². The summed E-state index contributed by atoms with van der Waals surface area (Å²) in [4.78, 5) is 25.8. The van der Waals surface area contributed by atoms with E-state index >= 15 is 0 Å². The second kappa shape index (κ2) is 5.36. The number of carboxylic acids is 1. The van der Waals surface area contributed by atoms with Crippen molar-refractivity contribution in [2.45, 2.75) is 29.9 Å². The Labute approximate surface area is 120 Å². The maximum atomic E-state index is 12.4. The van der Waals surface area contributed by atoms with Crippen LogP contribution in [0.25, 0.3) is 0 Å². The van der Waals surface area contributed by atoms with Gasteiger partial charge in [-0.3, -0.25) is 9.59 Å². The van der Waals surface area contributed by atoms with Gasteiger partial charge in [-0.1, -0.05) is 12.1 Å². The number of carbonyl (C=O) groups excluding carboxylic acids is 1. The predicted octanol–water partition coefficient (Wildman–Crippen LogP) is 1.62. The quantitative estimate of drug-likeness (QED) is 0.913. The minimum Gasteiger partial charge on any atom is -0.480 e. The van der Waals surface area contributed by atoms with Crippen molar-refractivity contribution < 1.29 is 19.4 Å². The van der Waals surface area contributed by atoms with Gasteiger partial charge in [0.25, 0.3) is 5.91 Å². The molecule has 0 radical (unpaired) electrons. The van der Waals surface area contributed by atoms with Gasteiger partial charge in [-0.15, -0.1) is 11.8 Å². The van der Waals surface area contributed by atoms with Crippen LogP contribution in [0.5, 0.6) is 5.75 Å². The lowest BCUT2D eigenvalue weighted by atomic mass is 10.3. The highest BCUT2D eigenvalue weighted by atomic mass is 32.2. The zero-order chi connectivity index (χ0) is 14.1. The molecule has 1 amide bonds. The number of para-hydroxylation sites is 1. The molecule has 106 valence electrons. The number of amides is 1. The van der Waals surface area contributed by atoms with Gasteiger partial charge in [0.1, 0.15) is 12.3 Å². The number of carbonyl (C=O) groups is 2. The standard InChI is InChI=1S/C14H15NO4S/c16-13(17)7-15(9-5-6-9)14(18)11-8-20-12-4-2-1-3-10(12)19-11/h1-4,9,11H,5-8H2,(H,16,17)/t11-/m0/s1. The summed E-state index contributed by atoms with van der Waals surface area (Å²) in [5.74, 6) is 0.0396. The molecule has 5 nitrogen and oxygen atoms in total. The Kier molecular flexibility index (Phi) is 3.56. The third-order valence-corrected chi connectivity index (χ3v) is 4.48. The van der Waals surface area contributed by atoms with E-state index in [1.54, 1.807) is 11.8 Å². The first-order chi connectivity index (χ1) is 9.65. The number of aliphatic carboxylic acids is 1. The number of rotatable bonds is 4. The molecule has 0 aromatic heterocycles. The molecule has 0 unspecified atom stereocenters. The Morgan fingerprint density at radius 3 is 2.80 bits per heavy atom. The van der Waals surface area contributed by atoms with Crippen LogP contribution >= 0.6 is 11.8 Å². The van der Waals surface area contributed by atoms with E-state index in [0.29, 0.717) is 11.5 Å². The molecule has 1 aromatic carbocycles. The van der Waals surface area contributed by atoms with Gasteiger partial charge < -0.3 is 14.7 Å². The SMILES string of the molecule is O=C(O)CN(C(=O)[C@@H]1CSc2ccccc2O1)C1CC1. The van der Waals surface area contributed by atoms with Crippen LogP contribution in [0.2, 0.25) is 0 Å². The Bertz CT molecular complexity index is 544. The van der Waals surface area contributed by atoms with Crippen LogP contribution in [0.15, 0.2) is 29.2 Å². The van der Waals surface area contributed by atoms with E-state index in [0.717, 1.165) is 17.7 Å². The van der Waals surface area contributed by atoms with Crippen LogP contribution < -0.4 is 4.74 Å².